The zero-order chi connectivity index (χ0) is 12.7. The van der Waals surface area contributed by atoms with Crippen LogP contribution in [0.2, 0.25) is 0 Å². The van der Waals surface area contributed by atoms with Crippen molar-refractivity contribution < 1.29 is 0 Å². The summed E-state index contributed by atoms with van der Waals surface area (Å²) in [7, 11) is 0. The minimum Gasteiger partial charge on any atom is -0.321 e. The zero-order valence-corrected chi connectivity index (χ0v) is 10.8. The Morgan fingerprint density at radius 3 is 3.06 bits per heavy atom. The van der Waals surface area contributed by atoms with E-state index in [1.807, 2.05) is 0 Å². The van der Waals surface area contributed by atoms with Crippen molar-refractivity contribution in [2.24, 2.45) is 0 Å². The average Bonchev–Trinajstić information content (AvgIpc) is 2.86. The molecule has 3 rings (SSSR count). The molecule has 0 bridgehead atoms. The summed E-state index contributed by atoms with van der Waals surface area (Å²) in [5.74, 6) is 5.55. The van der Waals surface area contributed by atoms with Crippen LogP contribution in [0.4, 0.5) is 0 Å². The molecule has 0 saturated carbocycles. The summed E-state index contributed by atoms with van der Waals surface area (Å²) < 4.78 is 1.89. The summed E-state index contributed by atoms with van der Waals surface area (Å²) in [6.07, 6.45) is 1.35. The van der Waals surface area contributed by atoms with Gasteiger partial charge >= 0.3 is 0 Å². The topological polar surface area (TPSA) is 104 Å². The highest BCUT2D eigenvalue weighted by molar-refractivity contribution is 8.01. The number of nitrogen functional groups attached to an aromatic ring is 1. The normalized spacial score (nSPS) is 11.2. The predicted molar refractivity (Wildman–Crippen MR) is 66.2 cm³/mol. The molecule has 0 aromatic carbocycles. The lowest BCUT2D eigenvalue weighted by molar-refractivity contribution is 0.739. The second kappa shape index (κ2) is 4.07. The van der Waals surface area contributed by atoms with E-state index in [1.165, 1.54) is 40.0 Å². The van der Waals surface area contributed by atoms with E-state index in [0.717, 1.165) is 4.79 Å². The van der Waals surface area contributed by atoms with Crippen molar-refractivity contribution in [1.29, 1.82) is 0 Å². The maximum atomic E-state index is 11.7. The van der Waals surface area contributed by atoms with Gasteiger partial charge in [-0.3, -0.25) is 4.79 Å². The van der Waals surface area contributed by atoms with Crippen molar-refractivity contribution in [3.63, 3.8) is 0 Å². The van der Waals surface area contributed by atoms with Gasteiger partial charge in [-0.15, -0.1) is 10.2 Å². The maximum Gasteiger partial charge on any atom is 0.275 e. The van der Waals surface area contributed by atoms with E-state index < -0.39 is 0 Å². The fourth-order valence-corrected chi connectivity index (χ4v) is 3.15. The molecule has 0 fully saturated rings. The van der Waals surface area contributed by atoms with Gasteiger partial charge in [-0.05, 0) is 18.7 Å². The molecule has 92 valence electrons. The van der Waals surface area contributed by atoms with Crippen molar-refractivity contribution in [2.75, 3.05) is 5.84 Å². The third-order valence-corrected chi connectivity index (χ3v) is 4.01. The van der Waals surface area contributed by atoms with E-state index in [2.05, 4.69) is 20.2 Å². The molecule has 0 aliphatic rings. The lowest BCUT2D eigenvalue weighted by Crippen LogP contribution is -2.14. The Labute approximate surface area is 108 Å². The number of aromatic nitrogens is 6. The van der Waals surface area contributed by atoms with E-state index in [0.29, 0.717) is 20.2 Å². The minimum atomic E-state index is -0.199. The second-order valence-corrected chi connectivity index (χ2v) is 5.56. The van der Waals surface area contributed by atoms with Crippen LogP contribution in [0.3, 0.4) is 0 Å². The summed E-state index contributed by atoms with van der Waals surface area (Å²) in [5, 5.41) is 8.41. The van der Waals surface area contributed by atoms with Gasteiger partial charge in [-0.2, -0.15) is 9.31 Å². The quantitative estimate of drug-likeness (QED) is 0.655. The van der Waals surface area contributed by atoms with Crippen molar-refractivity contribution in [3.8, 4) is 0 Å². The first-order chi connectivity index (χ1) is 8.63. The Bertz CT molecular complexity index is 773. The van der Waals surface area contributed by atoms with Gasteiger partial charge in [0.05, 0.1) is 0 Å². The molecule has 2 N–H and O–H groups in total. The van der Waals surface area contributed by atoms with Crippen molar-refractivity contribution >= 4 is 28.1 Å². The van der Waals surface area contributed by atoms with Crippen LogP contribution in [0.15, 0.2) is 26.7 Å². The van der Waals surface area contributed by atoms with Crippen LogP contribution in [0, 0.1) is 6.92 Å². The SMILES string of the molecule is Cc1cc(=O)n2nc(Sc3ncnn3N)sc2n1. The number of hydrogen-bond donors (Lipinski definition) is 1. The number of hydrogen-bond acceptors (Lipinski definition) is 8. The Morgan fingerprint density at radius 2 is 2.33 bits per heavy atom. The highest BCUT2D eigenvalue weighted by Crippen LogP contribution is 2.28. The largest absolute Gasteiger partial charge is 0.321 e. The third-order valence-electron chi connectivity index (χ3n) is 2.07. The number of nitrogens with two attached hydrogens (primary N) is 1. The molecule has 18 heavy (non-hydrogen) atoms. The molecule has 10 heteroatoms. The molecule has 3 aromatic heterocycles. The van der Waals surface area contributed by atoms with Gasteiger partial charge in [-0.25, -0.2) is 9.97 Å². The van der Waals surface area contributed by atoms with Crippen LogP contribution in [0.25, 0.3) is 4.96 Å². The van der Waals surface area contributed by atoms with Crippen molar-refractivity contribution in [3.05, 3.63) is 28.4 Å². The van der Waals surface area contributed by atoms with Crippen molar-refractivity contribution in [1.82, 2.24) is 29.5 Å². The van der Waals surface area contributed by atoms with Crippen LogP contribution >= 0.6 is 23.1 Å². The number of aryl methyl sites for hydroxylation is 1. The van der Waals surface area contributed by atoms with E-state index in [-0.39, 0.29) is 5.56 Å². The van der Waals surface area contributed by atoms with Gasteiger partial charge in [0.2, 0.25) is 10.1 Å². The molecule has 0 amide bonds. The molecule has 0 radical (unpaired) electrons. The molecule has 0 unspecified atom stereocenters. The predicted octanol–water partition coefficient (Wildman–Crippen LogP) is -0.0841. The Kier molecular flexibility index (Phi) is 2.52. The smallest absolute Gasteiger partial charge is 0.275 e. The van der Waals surface area contributed by atoms with E-state index in [1.54, 1.807) is 6.92 Å². The van der Waals surface area contributed by atoms with Gasteiger partial charge in [0, 0.05) is 11.8 Å². The summed E-state index contributed by atoms with van der Waals surface area (Å²) in [6, 6.07) is 1.44. The van der Waals surface area contributed by atoms with Crippen LogP contribution in [0.1, 0.15) is 5.69 Å². The highest BCUT2D eigenvalue weighted by Gasteiger charge is 2.11. The summed E-state index contributed by atoms with van der Waals surface area (Å²) in [6.45, 7) is 1.77. The third kappa shape index (κ3) is 1.84. The van der Waals surface area contributed by atoms with Gasteiger partial charge in [0.1, 0.15) is 6.33 Å². The van der Waals surface area contributed by atoms with E-state index in [4.69, 9.17) is 5.84 Å². The molecular weight excluding hydrogens is 274 g/mol. The van der Waals surface area contributed by atoms with Crippen LogP contribution in [0.5, 0.6) is 0 Å². The van der Waals surface area contributed by atoms with Gasteiger partial charge in [-0.1, -0.05) is 11.3 Å². The minimum absolute atomic E-state index is 0.199. The number of fused-ring (bicyclic) bond motifs is 1. The monoisotopic (exact) mass is 281 g/mol. The molecular formula is C8H7N7OS2. The maximum absolute atomic E-state index is 11.7. The Balaban J connectivity index is 2.07. The first-order valence-corrected chi connectivity index (χ1v) is 6.47. The molecule has 3 heterocycles. The van der Waals surface area contributed by atoms with Gasteiger partial charge in [0.15, 0.2) is 4.34 Å². The standard InChI is InChI=1S/C8H7N7OS2/c1-4-2-5(16)14-7(12-4)18-8(13-14)17-6-10-3-11-15(6)9/h2-3H,9H2,1H3. The highest BCUT2D eigenvalue weighted by atomic mass is 32.2. The van der Waals surface area contributed by atoms with Crippen LogP contribution < -0.4 is 11.4 Å². The van der Waals surface area contributed by atoms with E-state index >= 15 is 0 Å². The van der Waals surface area contributed by atoms with Crippen molar-refractivity contribution in [2.45, 2.75) is 16.4 Å². The average molecular weight is 281 g/mol. The Morgan fingerprint density at radius 1 is 1.50 bits per heavy atom. The second-order valence-electron chi connectivity index (χ2n) is 3.39. The summed E-state index contributed by atoms with van der Waals surface area (Å²) in [5.41, 5.74) is 0.469. The molecule has 3 aromatic rings. The number of rotatable bonds is 2. The molecule has 0 saturated heterocycles. The van der Waals surface area contributed by atoms with E-state index in [9.17, 15) is 4.79 Å². The molecule has 8 nitrogen and oxygen atoms in total. The van der Waals surface area contributed by atoms with Gasteiger partial charge < -0.3 is 5.84 Å². The lowest BCUT2D eigenvalue weighted by Gasteiger charge is -1.93. The fourth-order valence-electron chi connectivity index (χ4n) is 1.33. The molecule has 0 atom stereocenters. The number of nitrogens with zero attached hydrogens (tertiary/aromatic N) is 6. The van der Waals surface area contributed by atoms with Gasteiger partial charge in [0.25, 0.3) is 5.56 Å². The zero-order valence-electron chi connectivity index (χ0n) is 9.14. The molecule has 0 aliphatic heterocycles. The Hall–Kier alpha value is -1.94. The summed E-state index contributed by atoms with van der Waals surface area (Å²) in [4.78, 5) is 21.6. The summed E-state index contributed by atoms with van der Waals surface area (Å²) >= 11 is 2.53. The lowest BCUT2D eigenvalue weighted by atomic mass is 10.5. The van der Waals surface area contributed by atoms with Crippen LogP contribution in [-0.2, 0) is 0 Å². The first-order valence-electron chi connectivity index (χ1n) is 4.84. The first kappa shape index (κ1) is 11.2. The molecule has 0 spiro atoms. The van der Waals surface area contributed by atoms with Crippen LogP contribution in [-0.4, -0.2) is 29.5 Å². The fraction of sp³-hybridized carbons (Fsp3) is 0.125. The molecule has 0 aliphatic carbocycles.